The van der Waals surface area contributed by atoms with Gasteiger partial charge in [-0.05, 0) is 57.0 Å². The summed E-state index contributed by atoms with van der Waals surface area (Å²) in [4.78, 5) is 29.2. The van der Waals surface area contributed by atoms with Gasteiger partial charge in [-0.25, -0.2) is 5.01 Å². The smallest absolute Gasteiger partial charge is 0.284 e. The van der Waals surface area contributed by atoms with Gasteiger partial charge in [-0.2, -0.15) is 0 Å². The van der Waals surface area contributed by atoms with Crippen LogP contribution in [0.5, 0.6) is 0 Å². The van der Waals surface area contributed by atoms with Gasteiger partial charge in [-0.3, -0.25) is 15.0 Å². The van der Waals surface area contributed by atoms with Crippen LogP contribution < -0.4 is 16.5 Å². The number of thioether (sulfide) groups is 1. The molecule has 2 aliphatic heterocycles. The fraction of sp³-hybridized carbons (Fsp3) is 0.545. The highest BCUT2D eigenvalue weighted by atomic mass is 32.2. The van der Waals surface area contributed by atoms with Gasteiger partial charge >= 0.3 is 0 Å². The Morgan fingerprint density at radius 3 is 2.52 bits per heavy atom. The summed E-state index contributed by atoms with van der Waals surface area (Å²) in [6.07, 6.45) is 3.70. The van der Waals surface area contributed by atoms with Crippen LogP contribution in [0.2, 0.25) is 0 Å². The van der Waals surface area contributed by atoms with Crippen molar-refractivity contribution in [2.75, 3.05) is 52.1 Å². The molecule has 170 valence electrons. The molecule has 0 saturated carbocycles. The highest BCUT2D eigenvalue weighted by Gasteiger charge is 2.38. The molecule has 31 heavy (non-hydrogen) atoms. The number of carbonyl (C=O) groups is 2. The Kier molecular flexibility index (Phi) is 8.22. The van der Waals surface area contributed by atoms with Gasteiger partial charge in [0.05, 0.1) is 0 Å². The fourth-order valence-corrected chi connectivity index (χ4v) is 5.04. The number of carbonyl (C=O) groups excluding carboxylic acids is 2. The summed E-state index contributed by atoms with van der Waals surface area (Å²) >= 11 is 1.34. The number of nitrogens with one attached hydrogen (secondary N) is 2. The lowest BCUT2D eigenvalue weighted by atomic mass is 10.1. The standard InChI is InChI=1S/C22H34N6O2S/c1-4-28-21(30)18(31-22(28)19(23)20(29)25-26(2)3)15-24-17-9-7-16(8-10-17)11-14-27-12-5-6-13-27/h7-10,18,24H,4-6,11-15,23H2,1-3H3,(H,25,29)/b22-19+/t18-/m1/s1. The maximum absolute atomic E-state index is 12.8. The van der Waals surface area contributed by atoms with E-state index in [1.807, 2.05) is 6.92 Å². The zero-order chi connectivity index (χ0) is 22.4. The van der Waals surface area contributed by atoms with E-state index >= 15 is 0 Å². The first-order valence-electron chi connectivity index (χ1n) is 10.9. The Balaban J connectivity index is 1.56. The lowest BCUT2D eigenvalue weighted by Crippen LogP contribution is -2.40. The number of hydrogen-bond acceptors (Lipinski definition) is 7. The molecule has 1 aromatic rings. The fourth-order valence-electron chi connectivity index (χ4n) is 3.81. The number of benzene rings is 1. The third kappa shape index (κ3) is 6.15. The molecule has 1 aromatic carbocycles. The molecule has 1 atom stereocenters. The van der Waals surface area contributed by atoms with Crippen LogP contribution in [-0.2, 0) is 16.0 Å². The van der Waals surface area contributed by atoms with Crippen LogP contribution in [0, 0.1) is 0 Å². The van der Waals surface area contributed by atoms with Crippen LogP contribution in [-0.4, -0.2) is 78.7 Å². The molecule has 2 heterocycles. The van der Waals surface area contributed by atoms with E-state index in [2.05, 4.69) is 39.9 Å². The average Bonchev–Trinajstić information content (AvgIpc) is 3.38. The summed E-state index contributed by atoms with van der Waals surface area (Å²) in [5.41, 5.74) is 11.1. The number of nitrogens with zero attached hydrogens (tertiary/aromatic N) is 3. The number of amides is 2. The zero-order valence-electron chi connectivity index (χ0n) is 18.7. The highest BCUT2D eigenvalue weighted by molar-refractivity contribution is 8.04. The SMILES string of the molecule is CCN1C(=O)[C@@H](CNc2ccc(CCN3CCCC3)cc2)S/C1=C(/N)C(=O)NN(C)C. The second-order valence-corrected chi connectivity index (χ2v) is 9.31. The van der Waals surface area contributed by atoms with Crippen molar-refractivity contribution in [1.82, 2.24) is 20.2 Å². The van der Waals surface area contributed by atoms with Crippen molar-refractivity contribution in [1.29, 1.82) is 0 Å². The molecule has 2 saturated heterocycles. The molecule has 0 bridgehead atoms. The molecule has 8 nitrogen and oxygen atoms in total. The van der Waals surface area contributed by atoms with Crippen LogP contribution in [0.4, 0.5) is 5.69 Å². The predicted molar refractivity (Wildman–Crippen MR) is 126 cm³/mol. The van der Waals surface area contributed by atoms with E-state index in [4.69, 9.17) is 5.73 Å². The molecule has 4 N–H and O–H groups in total. The molecule has 0 radical (unpaired) electrons. The van der Waals surface area contributed by atoms with Crippen LogP contribution >= 0.6 is 11.8 Å². The van der Waals surface area contributed by atoms with Crippen molar-refractivity contribution in [2.45, 2.75) is 31.4 Å². The number of likely N-dealkylation sites (tertiary alicyclic amines) is 1. The summed E-state index contributed by atoms with van der Waals surface area (Å²) < 4.78 is 0. The molecule has 3 rings (SSSR count). The zero-order valence-corrected chi connectivity index (χ0v) is 19.5. The predicted octanol–water partition coefficient (Wildman–Crippen LogP) is 1.42. The maximum Gasteiger partial charge on any atom is 0.284 e. The highest BCUT2D eigenvalue weighted by Crippen LogP contribution is 2.36. The molecule has 0 spiro atoms. The van der Waals surface area contributed by atoms with E-state index in [9.17, 15) is 9.59 Å². The number of hydrogen-bond donors (Lipinski definition) is 3. The maximum atomic E-state index is 12.8. The number of hydrazine groups is 1. The van der Waals surface area contributed by atoms with E-state index in [0.29, 0.717) is 18.1 Å². The lowest BCUT2D eigenvalue weighted by molar-refractivity contribution is -0.127. The monoisotopic (exact) mass is 446 g/mol. The first-order valence-corrected chi connectivity index (χ1v) is 11.8. The molecular weight excluding hydrogens is 412 g/mol. The Hall–Kier alpha value is -2.23. The summed E-state index contributed by atoms with van der Waals surface area (Å²) in [6.45, 7) is 6.38. The van der Waals surface area contributed by atoms with Crippen molar-refractivity contribution < 1.29 is 9.59 Å². The van der Waals surface area contributed by atoms with Gasteiger partial charge in [0.2, 0.25) is 5.91 Å². The summed E-state index contributed by atoms with van der Waals surface area (Å²) in [5.74, 6) is -0.435. The third-order valence-corrected chi connectivity index (χ3v) is 6.83. The average molecular weight is 447 g/mol. The van der Waals surface area contributed by atoms with Crippen LogP contribution in [0.3, 0.4) is 0 Å². The number of rotatable bonds is 9. The van der Waals surface area contributed by atoms with Gasteiger partial charge in [0.15, 0.2) is 0 Å². The van der Waals surface area contributed by atoms with Crippen LogP contribution in [0.15, 0.2) is 35.0 Å². The van der Waals surface area contributed by atoms with Gasteiger partial charge in [0.1, 0.15) is 16.0 Å². The summed E-state index contributed by atoms with van der Waals surface area (Å²) in [5, 5.41) is 5.09. The Labute approximate surface area is 189 Å². The minimum Gasteiger partial charge on any atom is -0.392 e. The van der Waals surface area contributed by atoms with Gasteiger partial charge in [0.25, 0.3) is 5.91 Å². The lowest BCUT2D eigenvalue weighted by Gasteiger charge is -2.18. The molecule has 0 unspecified atom stereocenters. The van der Waals surface area contributed by atoms with Gasteiger partial charge in [-0.1, -0.05) is 23.9 Å². The molecule has 2 amide bonds. The summed E-state index contributed by atoms with van der Waals surface area (Å²) in [7, 11) is 3.43. The van der Waals surface area contributed by atoms with Crippen molar-refractivity contribution in [3.8, 4) is 0 Å². The van der Waals surface area contributed by atoms with E-state index < -0.39 is 5.91 Å². The van der Waals surface area contributed by atoms with Gasteiger partial charge < -0.3 is 20.9 Å². The van der Waals surface area contributed by atoms with Crippen molar-refractivity contribution in [2.24, 2.45) is 5.73 Å². The van der Waals surface area contributed by atoms with Crippen molar-refractivity contribution in [3.05, 3.63) is 40.6 Å². The van der Waals surface area contributed by atoms with Crippen LogP contribution in [0.25, 0.3) is 0 Å². The van der Waals surface area contributed by atoms with Gasteiger partial charge in [0, 0.05) is 39.4 Å². The molecule has 0 aromatic heterocycles. The van der Waals surface area contributed by atoms with E-state index in [-0.39, 0.29) is 16.9 Å². The molecular formula is C22H34N6O2S. The normalized spacial score (nSPS) is 21.1. The second kappa shape index (κ2) is 10.9. The van der Waals surface area contributed by atoms with Crippen molar-refractivity contribution in [3.63, 3.8) is 0 Å². The summed E-state index contributed by atoms with van der Waals surface area (Å²) in [6, 6.07) is 8.43. The molecule has 2 aliphatic rings. The Morgan fingerprint density at radius 2 is 1.90 bits per heavy atom. The first kappa shape index (κ1) is 23.4. The Morgan fingerprint density at radius 1 is 1.23 bits per heavy atom. The minimum absolute atomic E-state index is 0.0298. The minimum atomic E-state index is -0.406. The largest absolute Gasteiger partial charge is 0.392 e. The molecule has 9 heteroatoms. The van der Waals surface area contributed by atoms with Gasteiger partial charge in [-0.15, -0.1) is 0 Å². The van der Waals surface area contributed by atoms with E-state index in [0.717, 1.165) is 18.7 Å². The quantitative estimate of drug-likeness (QED) is 0.390. The third-order valence-electron chi connectivity index (χ3n) is 5.52. The van der Waals surface area contributed by atoms with E-state index in [1.54, 1.807) is 19.0 Å². The second-order valence-electron chi connectivity index (χ2n) is 8.12. The Bertz CT molecular complexity index is 805. The molecule has 2 fully saturated rings. The first-order chi connectivity index (χ1) is 14.9. The van der Waals surface area contributed by atoms with E-state index in [1.165, 1.54) is 48.3 Å². The number of nitrogens with two attached hydrogens (primary N) is 1. The van der Waals surface area contributed by atoms with Crippen molar-refractivity contribution >= 4 is 29.3 Å². The van der Waals surface area contributed by atoms with Crippen LogP contribution in [0.1, 0.15) is 25.3 Å². The number of anilines is 1. The molecule has 0 aliphatic carbocycles. The topological polar surface area (TPSA) is 93.9 Å².